The molecular weight excluding hydrogens is 364 g/mol. The van der Waals surface area contributed by atoms with Crippen LogP contribution in [0.4, 0.5) is 0 Å². The number of carboxylic acids is 1. The van der Waals surface area contributed by atoms with Gasteiger partial charge in [-0.2, -0.15) is 0 Å². The molecule has 1 aromatic rings. The number of ether oxygens (including phenoxy) is 1. The minimum absolute atomic E-state index is 0.178. The molecule has 1 fully saturated rings. The average Bonchev–Trinajstić information content (AvgIpc) is 3.19. The molecule has 0 aliphatic heterocycles. The first-order chi connectivity index (χ1) is 13.0. The van der Waals surface area contributed by atoms with Crippen molar-refractivity contribution in [3.8, 4) is 5.75 Å². The van der Waals surface area contributed by atoms with Crippen LogP contribution in [-0.2, 0) is 11.2 Å². The number of hydrogen-bond donors (Lipinski definition) is 2. The summed E-state index contributed by atoms with van der Waals surface area (Å²) in [4.78, 5) is 10.5. The Morgan fingerprint density at radius 2 is 2.11 bits per heavy atom. The van der Waals surface area contributed by atoms with Crippen molar-refractivity contribution in [3.05, 3.63) is 41.5 Å². The van der Waals surface area contributed by atoms with E-state index in [9.17, 15) is 9.90 Å². The van der Waals surface area contributed by atoms with E-state index >= 15 is 0 Å². The van der Waals surface area contributed by atoms with E-state index in [-0.39, 0.29) is 17.9 Å². The summed E-state index contributed by atoms with van der Waals surface area (Å²) in [7, 11) is 0. The van der Waals surface area contributed by atoms with Crippen molar-refractivity contribution < 1.29 is 19.7 Å². The number of carbonyl (C=O) groups is 1. The van der Waals surface area contributed by atoms with Crippen molar-refractivity contribution in [2.24, 2.45) is 11.8 Å². The highest BCUT2D eigenvalue weighted by atomic mass is 35.5. The Morgan fingerprint density at radius 3 is 2.93 bits per heavy atom. The molecule has 0 spiro atoms. The van der Waals surface area contributed by atoms with Crippen molar-refractivity contribution in [3.63, 3.8) is 0 Å². The number of rotatable bonds is 9. The Morgan fingerprint density at radius 1 is 1.26 bits per heavy atom. The molecule has 0 amide bonds. The summed E-state index contributed by atoms with van der Waals surface area (Å²) in [5.74, 6) is 0.982. The van der Waals surface area contributed by atoms with Gasteiger partial charge < -0.3 is 14.9 Å². The molecule has 0 saturated heterocycles. The van der Waals surface area contributed by atoms with Gasteiger partial charge in [0.05, 0.1) is 12.7 Å². The van der Waals surface area contributed by atoms with Crippen LogP contribution >= 0.6 is 11.6 Å². The predicted octanol–water partition coefficient (Wildman–Crippen LogP) is 4.88. The van der Waals surface area contributed by atoms with E-state index in [0.29, 0.717) is 24.9 Å². The van der Waals surface area contributed by atoms with Crippen LogP contribution in [0.25, 0.3) is 0 Å². The quantitative estimate of drug-likeness (QED) is 0.357. The van der Waals surface area contributed by atoms with Gasteiger partial charge in [-0.3, -0.25) is 4.79 Å². The second-order valence-corrected chi connectivity index (χ2v) is 8.30. The van der Waals surface area contributed by atoms with Crippen LogP contribution < -0.4 is 4.74 Å². The van der Waals surface area contributed by atoms with E-state index in [0.717, 1.165) is 49.8 Å². The number of benzene rings is 1. The van der Waals surface area contributed by atoms with Crippen molar-refractivity contribution in [2.45, 2.75) is 62.8 Å². The summed E-state index contributed by atoms with van der Waals surface area (Å²) in [6, 6.07) is 6.01. The summed E-state index contributed by atoms with van der Waals surface area (Å²) >= 11 is 6.53. The van der Waals surface area contributed by atoms with Crippen LogP contribution in [0.1, 0.15) is 62.2 Å². The molecular formula is C22H29ClO4. The zero-order valence-electron chi connectivity index (χ0n) is 15.6. The maximum absolute atomic E-state index is 10.5. The number of allylic oxidation sites excluding steroid dienone is 2. The molecule has 0 bridgehead atoms. The number of fused-ring (bicyclic) bond motifs is 1. The van der Waals surface area contributed by atoms with E-state index in [1.54, 1.807) is 0 Å². The van der Waals surface area contributed by atoms with Crippen LogP contribution in [0.15, 0.2) is 30.4 Å². The Labute approximate surface area is 166 Å². The van der Waals surface area contributed by atoms with Crippen LogP contribution in [0, 0.1) is 11.8 Å². The number of aliphatic hydroxyl groups is 1. The molecule has 4 nitrogen and oxygen atoms in total. The fourth-order valence-electron chi connectivity index (χ4n) is 4.25. The molecule has 148 valence electrons. The standard InChI is InChI=1S/C22H29ClO4/c23-20-11-7-16(18(20)5-3-1-2-4-6-22(25)26)14-27-17-9-10-19-15(13-17)8-12-21(19)24/h1,3,9-10,13,16,18,20-21,24H,2,4-8,11-12,14H2,(H,25,26)/t16-,18-,20?,21?/m1/s1. The first kappa shape index (κ1) is 20.2. The highest BCUT2D eigenvalue weighted by Crippen LogP contribution is 2.39. The molecule has 2 aliphatic carbocycles. The van der Waals surface area contributed by atoms with Gasteiger partial charge in [0.15, 0.2) is 0 Å². The molecule has 2 unspecified atom stereocenters. The van der Waals surface area contributed by atoms with Crippen LogP contribution in [0.2, 0.25) is 0 Å². The fraction of sp³-hybridized carbons (Fsp3) is 0.591. The molecule has 1 saturated carbocycles. The molecule has 3 rings (SSSR count). The number of aliphatic carboxylic acids is 1. The van der Waals surface area contributed by atoms with Gasteiger partial charge >= 0.3 is 5.97 Å². The van der Waals surface area contributed by atoms with Gasteiger partial charge in [-0.05, 0) is 80.0 Å². The lowest BCUT2D eigenvalue weighted by molar-refractivity contribution is -0.137. The van der Waals surface area contributed by atoms with Crippen molar-refractivity contribution in [1.82, 2.24) is 0 Å². The number of halogens is 1. The van der Waals surface area contributed by atoms with Gasteiger partial charge in [-0.15, -0.1) is 11.6 Å². The smallest absolute Gasteiger partial charge is 0.303 e. The predicted molar refractivity (Wildman–Crippen MR) is 106 cm³/mol. The molecule has 1 aromatic carbocycles. The van der Waals surface area contributed by atoms with E-state index in [2.05, 4.69) is 18.2 Å². The van der Waals surface area contributed by atoms with E-state index in [1.807, 2.05) is 12.1 Å². The lowest BCUT2D eigenvalue weighted by Crippen LogP contribution is -2.20. The van der Waals surface area contributed by atoms with Gasteiger partial charge in [0.2, 0.25) is 0 Å². The molecule has 0 aromatic heterocycles. The van der Waals surface area contributed by atoms with Gasteiger partial charge in [0.25, 0.3) is 0 Å². The summed E-state index contributed by atoms with van der Waals surface area (Å²) in [6.45, 7) is 0.669. The van der Waals surface area contributed by atoms with E-state index in [4.69, 9.17) is 21.4 Å². The molecule has 27 heavy (non-hydrogen) atoms. The number of unbranched alkanes of at least 4 members (excludes halogenated alkanes) is 1. The second kappa shape index (κ2) is 9.61. The van der Waals surface area contributed by atoms with Crippen LogP contribution in [0.3, 0.4) is 0 Å². The van der Waals surface area contributed by atoms with Crippen LogP contribution in [-0.4, -0.2) is 28.2 Å². The third-order valence-electron chi connectivity index (χ3n) is 5.84. The number of aryl methyl sites for hydroxylation is 1. The zero-order valence-corrected chi connectivity index (χ0v) is 16.4. The largest absolute Gasteiger partial charge is 0.493 e. The first-order valence-corrected chi connectivity index (χ1v) is 10.4. The first-order valence-electron chi connectivity index (χ1n) is 9.99. The molecule has 0 radical (unpaired) electrons. The monoisotopic (exact) mass is 392 g/mol. The Bertz CT molecular complexity index is 672. The molecule has 2 aliphatic rings. The molecule has 4 atom stereocenters. The lowest BCUT2D eigenvalue weighted by Gasteiger charge is -2.21. The van der Waals surface area contributed by atoms with Gasteiger partial charge in [0.1, 0.15) is 5.75 Å². The number of hydrogen-bond acceptors (Lipinski definition) is 3. The maximum Gasteiger partial charge on any atom is 0.303 e. The third kappa shape index (κ3) is 5.49. The van der Waals surface area contributed by atoms with E-state index in [1.165, 1.54) is 5.56 Å². The highest BCUT2D eigenvalue weighted by Gasteiger charge is 2.34. The summed E-state index contributed by atoms with van der Waals surface area (Å²) in [6.07, 6.45) is 10.3. The Balaban J connectivity index is 1.47. The van der Waals surface area contributed by atoms with Gasteiger partial charge in [-0.1, -0.05) is 18.2 Å². The van der Waals surface area contributed by atoms with Crippen LogP contribution in [0.5, 0.6) is 5.75 Å². The minimum atomic E-state index is -0.738. The number of aliphatic hydroxyl groups excluding tert-OH is 1. The van der Waals surface area contributed by atoms with E-state index < -0.39 is 5.97 Å². The zero-order chi connectivity index (χ0) is 19.2. The summed E-state index contributed by atoms with van der Waals surface area (Å²) < 4.78 is 6.07. The summed E-state index contributed by atoms with van der Waals surface area (Å²) in [5.41, 5.74) is 2.23. The Kier molecular flexibility index (Phi) is 7.20. The lowest BCUT2D eigenvalue weighted by atomic mass is 9.93. The maximum atomic E-state index is 10.5. The summed E-state index contributed by atoms with van der Waals surface area (Å²) in [5, 5.41) is 18.8. The highest BCUT2D eigenvalue weighted by molar-refractivity contribution is 6.21. The normalized spacial score (nSPS) is 27.2. The van der Waals surface area contributed by atoms with Crippen molar-refractivity contribution >= 4 is 17.6 Å². The topological polar surface area (TPSA) is 66.8 Å². The number of carboxylic acid groups (broad SMARTS) is 1. The van der Waals surface area contributed by atoms with Gasteiger partial charge in [0, 0.05) is 11.8 Å². The van der Waals surface area contributed by atoms with Crippen molar-refractivity contribution in [1.29, 1.82) is 0 Å². The average molecular weight is 393 g/mol. The molecule has 0 heterocycles. The third-order valence-corrected chi connectivity index (χ3v) is 6.39. The molecule has 5 heteroatoms. The second-order valence-electron chi connectivity index (χ2n) is 7.74. The minimum Gasteiger partial charge on any atom is -0.493 e. The van der Waals surface area contributed by atoms with Crippen molar-refractivity contribution in [2.75, 3.05) is 6.61 Å². The Hall–Kier alpha value is -1.52. The number of alkyl halides is 1. The van der Waals surface area contributed by atoms with Gasteiger partial charge in [-0.25, -0.2) is 0 Å². The molecule has 2 N–H and O–H groups in total. The fourth-order valence-corrected chi connectivity index (χ4v) is 4.69. The SMILES string of the molecule is O=C(O)CCCC=CC[C@H]1C(Cl)CC[C@@H]1COc1ccc2c(c1)CCC2O.